The lowest BCUT2D eigenvalue weighted by Gasteiger charge is -2.54. The third-order valence-electron chi connectivity index (χ3n) is 2.47. The summed E-state index contributed by atoms with van der Waals surface area (Å²) in [5, 5.41) is 0. The van der Waals surface area contributed by atoms with Gasteiger partial charge in [-0.05, 0) is 25.8 Å². The minimum absolute atomic E-state index is 1.01. The molecular weight excluding hydrogens is 86.1 g/mol. The van der Waals surface area contributed by atoms with Gasteiger partial charge in [-0.25, -0.2) is 0 Å². The average Bonchev–Trinajstić information content (AvgIpc) is 1.59. The molecule has 1 saturated heterocycles. The van der Waals surface area contributed by atoms with Crippen molar-refractivity contribution in [2.75, 3.05) is 13.6 Å². The van der Waals surface area contributed by atoms with Crippen molar-refractivity contribution in [3.63, 3.8) is 0 Å². The van der Waals surface area contributed by atoms with Crippen molar-refractivity contribution >= 4 is 0 Å². The average molecular weight is 97.2 g/mol. The fraction of sp³-hybridized carbons (Fsp3) is 1.00. The van der Waals surface area contributed by atoms with Gasteiger partial charge in [0.15, 0.2) is 0 Å². The molecule has 0 aromatic carbocycles. The molecule has 1 unspecified atom stereocenters. The first kappa shape index (κ1) is 3.90. The van der Waals surface area contributed by atoms with Gasteiger partial charge in [-0.3, -0.25) is 0 Å². The van der Waals surface area contributed by atoms with E-state index in [1.807, 2.05) is 0 Å². The SMILES string of the molecule is CN1CC2CC[C@@H]21. The first-order valence-corrected chi connectivity index (χ1v) is 3.08. The van der Waals surface area contributed by atoms with Crippen LogP contribution in [0.3, 0.4) is 0 Å². The summed E-state index contributed by atoms with van der Waals surface area (Å²) in [7, 11) is 2.22. The summed E-state index contributed by atoms with van der Waals surface area (Å²) in [4.78, 5) is 2.45. The highest BCUT2D eigenvalue weighted by Gasteiger charge is 2.42. The Balaban J connectivity index is 1.99. The molecule has 0 spiro atoms. The predicted molar refractivity (Wildman–Crippen MR) is 29.1 cm³/mol. The van der Waals surface area contributed by atoms with E-state index in [9.17, 15) is 0 Å². The largest absolute Gasteiger partial charge is 0.303 e. The summed E-state index contributed by atoms with van der Waals surface area (Å²) in [6, 6.07) is 1.01. The number of nitrogens with zero attached hydrogens (tertiary/aromatic N) is 1. The first-order valence-electron chi connectivity index (χ1n) is 3.08. The highest BCUT2D eigenvalue weighted by Crippen LogP contribution is 2.39. The van der Waals surface area contributed by atoms with Crippen LogP contribution < -0.4 is 0 Å². The van der Waals surface area contributed by atoms with E-state index in [4.69, 9.17) is 0 Å². The van der Waals surface area contributed by atoms with Crippen LogP contribution in [0.5, 0.6) is 0 Å². The van der Waals surface area contributed by atoms with Crippen molar-refractivity contribution in [3.05, 3.63) is 0 Å². The van der Waals surface area contributed by atoms with E-state index in [-0.39, 0.29) is 0 Å². The number of rotatable bonds is 0. The number of hydrogen-bond donors (Lipinski definition) is 0. The predicted octanol–water partition coefficient (Wildman–Crippen LogP) is 0.710. The van der Waals surface area contributed by atoms with Gasteiger partial charge in [-0.2, -0.15) is 0 Å². The van der Waals surface area contributed by atoms with Gasteiger partial charge in [0.2, 0.25) is 0 Å². The highest BCUT2D eigenvalue weighted by molar-refractivity contribution is 4.97. The van der Waals surface area contributed by atoms with E-state index in [0.717, 1.165) is 12.0 Å². The summed E-state index contributed by atoms with van der Waals surface area (Å²) >= 11 is 0. The lowest BCUT2D eigenvalue weighted by molar-refractivity contribution is -0.0381. The van der Waals surface area contributed by atoms with Crippen LogP contribution in [0.4, 0.5) is 0 Å². The summed E-state index contributed by atoms with van der Waals surface area (Å²) in [5.41, 5.74) is 0. The molecule has 1 saturated carbocycles. The molecule has 0 radical (unpaired) electrons. The second kappa shape index (κ2) is 1.03. The van der Waals surface area contributed by atoms with Crippen LogP contribution in [0.2, 0.25) is 0 Å². The monoisotopic (exact) mass is 97.1 g/mol. The molecular formula is C6H11N. The van der Waals surface area contributed by atoms with Crippen LogP contribution in [-0.4, -0.2) is 24.5 Å². The van der Waals surface area contributed by atoms with E-state index in [2.05, 4.69) is 11.9 Å². The Morgan fingerprint density at radius 2 is 2.29 bits per heavy atom. The molecule has 7 heavy (non-hydrogen) atoms. The molecule has 2 rings (SSSR count). The number of hydrogen-bond acceptors (Lipinski definition) is 1. The summed E-state index contributed by atoms with van der Waals surface area (Å²) in [5.74, 6) is 1.12. The minimum atomic E-state index is 1.01. The molecule has 0 aromatic heterocycles. The number of piperidine rings is 1. The Bertz CT molecular complexity index is 86.2. The highest BCUT2D eigenvalue weighted by atomic mass is 15.2. The van der Waals surface area contributed by atoms with Crippen molar-refractivity contribution in [1.29, 1.82) is 0 Å². The molecule has 0 aromatic rings. The maximum Gasteiger partial charge on any atom is 0.0133 e. The summed E-state index contributed by atoms with van der Waals surface area (Å²) in [6.07, 6.45) is 2.98. The second-order valence-electron chi connectivity index (χ2n) is 2.84. The van der Waals surface area contributed by atoms with Gasteiger partial charge in [-0.15, -0.1) is 0 Å². The van der Waals surface area contributed by atoms with Crippen LogP contribution in [0, 0.1) is 5.92 Å². The molecule has 0 bridgehead atoms. The summed E-state index contributed by atoms with van der Waals surface area (Å²) in [6.45, 7) is 1.38. The Morgan fingerprint density at radius 1 is 1.43 bits per heavy atom. The van der Waals surface area contributed by atoms with Gasteiger partial charge in [0, 0.05) is 12.6 Å². The minimum Gasteiger partial charge on any atom is -0.303 e. The Labute approximate surface area is 44.3 Å². The normalized spacial score (nSPS) is 49.3. The number of likely N-dealkylation sites (tertiary alicyclic amines) is 1. The van der Waals surface area contributed by atoms with Gasteiger partial charge in [0.05, 0.1) is 0 Å². The lowest BCUT2D eigenvalue weighted by atomic mass is 9.72. The standard InChI is InChI=1S/C6H11N/c1-7-4-5-2-3-6(5)7/h5-6H,2-4H2,1H3/t5?,6-/m0/s1. The lowest BCUT2D eigenvalue weighted by Crippen LogP contribution is -2.59. The quantitative estimate of drug-likeness (QED) is 0.430. The smallest absolute Gasteiger partial charge is 0.0133 e. The molecule has 1 nitrogen and oxygen atoms in total. The molecule has 1 aliphatic heterocycles. The van der Waals surface area contributed by atoms with Gasteiger partial charge < -0.3 is 4.90 Å². The van der Waals surface area contributed by atoms with E-state index in [1.54, 1.807) is 0 Å². The summed E-state index contributed by atoms with van der Waals surface area (Å²) < 4.78 is 0. The molecule has 1 aliphatic carbocycles. The van der Waals surface area contributed by atoms with Crippen molar-refractivity contribution in [1.82, 2.24) is 4.90 Å². The molecule has 0 amide bonds. The van der Waals surface area contributed by atoms with Crippen LogP contribution in [0.15, 0.2) is 0 Å². The first-order chi connectivity index (χ1) is 3.38. The topological polar surface area (TPSA) is 3.24 Å². The van der Waals surface area contributed by atoms with Crippen LogP contribution in [-0.2, 0) is 0 Å². The van der Waals surface area contributed by atoms with Crippen molar-refractivity contribution in [3.8, 4) is 0 Å². The maximum absolute atomic E-state index is 2.45. The van der Waals surface area contributed by atoms with Gasteiger partial charge in [0.1, 0.15) is 0 Å². The Hall–Kier alpha value is -0.0400. The molecule has 0 N–H and O–H groups in total. The fourth-order valence-electron chi connectivity index (χ4n) is 1.71. The van der Waals surface area contributed by atoms with Gasteiger partial charge in [-0.1, -0.05) is 0 Å². The van der Waals surface area contributed by atoms with E-state index in [0.29, 0.717) is 0 Å². The Morgan fingerprint density at radius 3 is 2.29 bits per heavy atom. The van der Waals surface area contributed by atoms with Crippen molar-refractivity contribution in [2.45, 2.75) is 18.9 Å². The molecule has 2 fully saturated rings. The van der Waals surface area contributed by atoms with Crippen LogP contribution in [0.1, 0.15) is 12.8 Å². The third-order valence-corrected chi connectivity index (χ3v) is 2.47. The van der Waals surface area contributed by atoms with Gasteiger partial charge >= 0.3 is 0 Å². The third kappa shape index (κ3) is 0.325. The molecule has 1 heteroatoms. The molecule has 2 atom stereocenters. The fourth-order valence-corrected chi connectivity index (χ4v) is 1.71. The van der Waals surface area contributed by atoms with Crippen LogP contribution in [0.25, 0.3) is 0 Å². The second-order valence-corrected chi connectivity index (χ2v) is 2.84. The maximum atomic E-state index is 2.45. The van der Waals surface area contributed by atoms with Crippen molar-refractivity contribution in [2.24, 2.45) is 5.92 Å². The van der Waals surface area contributed by atoms with Gasteiger partial charge in [0.25, 0.3) is 0 Å². The zero-order valence-electron chi connectivity index (χ0n) is 4.72. The zero-order valence-corrected chi connectivity index (χ0v) is 4.72. The van der Waals surface area contributed by atoms with Crippen molar-refractivity contribution < 1.29 is 0 Å². The molecule has 1 heterocycles. The Kier molecular flexibility index (Phi) is 0.571. The van der Waals surface area contributed by atoms with E-state index in [1.165, 1.54) is 19.4 Å². The van der Waals surface area contributed by atoms with E-state index >= 15 is 0 Å². The van der Waals surface area contributed by atoms with Crippen LogP contribution >= 0.6 is 0 Å². The molecule has 2 aliphatic rings. The zero-order chi connectivity index (χ0) is 4.85. The van der Waals surface area contributed by atoms with E-state index < -0.39 is 0 Å². The molecule has 40 valence electrons. The number of fused-ring (bicyclic) bond motifs is 1.